The second-order valence-electron chi connectivity index (χ2n) is 12.2. The molecule has 1 heterocycles. The molecular weight excluding hydrogens is 624 g/mol. The van der Waals surface area contributed by atoms with Crippen LogP contribution in [0.25, 0.3) is 11.1 Å². The summed E-state index contributed by atoms with van der Waals surface area (Å²) >= 11 is 6.62. The van der Waals surface area contributed by atoms with Crippen LogP contribution < -0.4 is 15.0 Å². The molecule has 0 bridgehead atoms. The fourth-order valence-corrected chi connectivity index (χ4v) is 5.99. The van der Waals surface area contributed by atoms with E-state index in [1.54, 1.807) is 31.3 Å². The van der Waals surface area contributed by atoms with Crippen molar-refractivity contribution < 1.29 is 19.1 Å². The molecule has 0 aliphatic carbocycles. The lowest BCUT2D eigenvalue weighted by Crippen LogP contribution is -2.47. The topological polar surface area (TPSA) is 82.2 Å². The van der Waals surface area contributed by atoms with Crippen LogP contribution in [0.15, 0.2) is 91.0 Å². The van der Waals surface area contributed by atoms with Crippen molar-refractivity contribution in [3.05, 3.63) is 113 Å². The van der Waals surface area contributed by atoms with E-state index < -0.39 is 0 Å². The number of unbranched alkanes of at least 4 members (excludes halogenated alkanes) is 2. The van der Waals surface area contributed by atoms with E-state index in [2.05, 4.69) is 17.3 Å². The second kappa shape index (κ2) is 16.4. The van der Waals surface area contributed by atoms with Gasteiger partial charge in [-0.2, -0.15) is 0 Å². The number of nitrogens with zero attached hydrogens (tertiary/aromatic N) is 3. The van der Waals surface area contributed by atoms with Crippen molar-refractivity contribution >= 4 is 40.7 Å². The summed E-state index contributed by atoms with van der Waals surface area (Å²) in [5, 5.41) is 3.15. The maximum absolute atomic E-state index is 13.6. The molecule has 1 fully saturated rings. The lowest BCUT2D eigenvalue weighted by Gasteiger charge is -2.32. The highest BCUT2D eigenvalue weighted by molar-refractivity contribution is 6.35. The average Bonchev–Trinajstić information content (AvgIpc) is 3.10. The van der Waals surface area contributed by atoms with Gasteiger partial charge in [0.05, 0.1) is 22.9 Å². The van der Waals surface area contributed by atoms with Crippen LogP contribution in [0.4, 0.5) is 11.4 Å². The van der Waals surface area contributed by atoms with Gasteiger partial charge in [0.25, 0.3) is 11.8 Å². The molecule has 4 aromatic rings. The lowest BCUT2D eigenvalue weighted by molar-refractivity contribution is -0.132. The Labute approximate surface area is 288 Å². The van der Waals surface area contributed by atoms with Gasteiger partial charge >= 0.3 is 0 Å². The maximum atomic E-state index is 13.6. The number of hydrogen-bond donors (Lipinski definition) is 1. The standard InChI is InChI=1S/C39H43ClN4O4/c1-28-16-18-29(19-17-28)31-11-6-7-12-32(31)38(46)41-30-20-21-33(34(40)27-30)39(47)43(3)35-13-8-9-14-36(35)48-26-10-4-5-15-37(45)44-24-22-42(2)23-25-44/h6-9,11-14,16-21,27H,4-5,10,15,22-26H2,1-3H3,(H,41,46). The van der Waals surface area contributed by atoms with Crippen LogP contribution >= 0.6 is 11.6 Å². The molecule has 0 atom stereocenters. The van der Waals surface area contributed by atoms with Crippen molar-refractivity contribution in [2.24, 2.45) is 0 Å². The SMILES string of the molecule is Cc1ccc(-c2ccccc2C(=O)Nc2ccc(C(=O)N(C)c3ccccc3OCCCCCC(=O)N3CCN(C)CC3)c(Cl)c2)cc1. The molecule has 5 rings (SSSR count). The molecule has 1 saturated heterocycles. The molecule has 9 heteroatoms. The minimum absolute atomic E-state index is 0.223. The maximum Gasteiger partial charge on any atom is 0.259 e. The summed E-state index contributed by atoms with van der Waals surface area (Å²) in [6.07, 6.45) is 3.06. The fourth-order valence-electron chi connectivity index (χ4n) is 5.73. The first-order chi connectivity index (χ1) is 23.2. The van der Waals surface area contributed by atoms with Gasteiger partial charge in [-0.05, 0) is 80.8 Å². The predicted molar refractivity (Wildman–Crippen MR) is 193 cm³/mol. The summed E-state index contributed by atoms with van der Waals surface area (Å²) in [5.74, 6) is 0.244. The number of ether oxygens (including phenoxy) is 1. The van der Waals surface area contributed by atoms with Crippen LogP contribution in [-0.4, -0.2) is 74.4 Å². The van der Waals surface area contributed by atoms with Gasteiger partial charge in [-0.1, -0.05) is 71.8 Å². The van der Waals surface area contributed by atoms with E-state index >= 15 is 0 Å². The van der Waals surface area contributed by atoms with E-state index in [0.29, 0.717) is 41.3 Å². The normalized spacial score (nSPS) is 13.2. The largest absolute Gasteiger partial charge is 0.491 e. The molecule has 48 heavy (non-hydrogen) atoms. The minimum Gasteiger partial charge on any atom is -0.491 e. The first-order valence-corrected chi connectivity index (χ1v) is 16.8. The number of halogens is 1. The van der Waals surface area contributed by atoms with Crippen LogP contribution in [0.5, 0.6) is 5.75 Å². The Balaban J connectivity index is 1.16. The van der Waals surface area contributed by atoms with Gasteiger partial charge in [0.1, 0.15) is 5.75 Å². The van der Waals surface area contributed by atoms with Crippen molar-refractivity contribution in [1.82, 2.24) is 9.80 Å². The molecule has 0 saturated carbocycles. The molecule has 0 spiro atoms. The van der Waals surface area contributed by atoms with E-state index in [0.717, 1.165) is 62.1 Å². The van der Waals surface area contributed by atoms with E-state index in [4.69, 9.17) is 16.3 Å². The zero-order chi connectivity index (χ0) is 34.0. The Morgan fingerprint density at radius 3 is 2.29 bits per heavy atom. The van der Waals surface area contributed by atoms with Crippen molar-refractivity contribution in [3.8, 4) is 16.9 Å². The first-order valence-electron chi connectivity index (χ1n) is 16.4. The Kier molecular flexibility index (Phi) is 11.9. The van der Waals surface area contributed by atoms with Gasteiger partial charge < -0.3 is 24.8 Å². The summed E-state index contributed by atoms with van der Waals surface area (Å²) in [6, 6.07) is 27.8. The molecule has 250 valence electrons. The molecule has 3 amide bonds. The van der Waals surface area contributed by atoms with Crippen molar-refractivity contribution in [2.45, 2.75) is 32.6 Å². The number of carbonyl (C=O) groups is 3. The highest BCUT2D eigenvalue weighted by Gasteiger charge is 2.21. The highest BCUT2D eigenvalue weighted by Crippen LogP contribution is 2.31. The molecule has 1 aliphatic heterocycles. The van der Waals surface area contributed by atoms with Crippen molar-refractivity contribution in [2.75, 3.05) is 57.1 Å². The van der Waals surface area contributed by atoms with Crippen LogP contribution in [0.1, 0.15) is 52.0 Å². The number of benzene rings is 4. The number of piperazine rings is 1. The number of anilines is 2. The third-order valence-corrected chi connectivity index (χ3v) is 8.98. The number of aryl methyl sites for hydroxylation is 1. The Bertz CT molecular complexity index is 1730. The summed E-state index contributed by atoms with van der Waals surface area (Å²) in [5.41, 5.74) is 4.86. The van der Waals surface area contributed by atoms with E-state index in [1.807, 2.05) is 78.6 Å². The van der Waals surface area contributed by atoms with Crippen molar-refractivity contribution in [1.29, 1.82) is 0 Å². The zero-order valence-electron chi connectivity index (χ0n) is 27.9. The molecular formula is C39H43ClN4O4. The van der Waals surface area contributed by atoms with Gasteiger partial charge in [0, 0.05) is 50.9 Å². The first kappa shape index (κ1) is 34.7. The molecule has 4 aromatic carbocycles. The van der Waals surface area contributed by atoms with E-state index in [-0.39, 0.29) is 22.7 Å². The quantitative estimate of drug-likeness (QED) is 0.158. The number of hydrogen-bond acceptors (Lipinski definition) is 5. The summed E-state index contributed by atoms with van der Waals surface area (Å²) in [7, 11) is 3.76. The summed E-state index contributed by atoms with van der Waals surface area (Å²) in [6.45, 7) is 5.96. The van der Waals surface area contributed by atoms with Gasteiger partial charge in [-0.3, -0.25) is 14.4 Å². The Morgan fingerprint density at radius 2 is 1.54 bits per heavy atom. The number of carbonyl (C=O) groups excluding carboxylic acids is 3. The third-order valence-electron chi connectivity index (χ3n) is 8.67. The zero-order valence-corrected chi connectivity index (χ0v) is 28.6. The number of rotatable bonds is 12. The fraction of sp³-hybridized carbons (Fsp3) is 0.308. The van der Waals surface area contributed by atoms with Gasteiger partial charge in [-0.15, -0.1) is 0 Å². The molecule has 0 unspecified atom stereocenters. The summed E-state index contributed by atoms with van der Waals surface area (Å²) < 4.78 is 6.09. The van der Waals surface area contributed by atoms with Gasteiger partial charge in [-0.25, -0.2) is 0 Å². The third kappa shape index (κ3) is 8.82. The average molecular weight is 667 g/mol. The van der Waals surface area contributed by atoms with E-state index in [9.17, 15) is 14.4 Å². The van der Waals surface area contributed by atoms with Crippen LogP contribution in [0.3, 0.4) is 0 Å². The van der Waals surface area contributed by atoms with Crippen LogP contribution in [0.2, 0.25) is 5.02 Å². The monoisotopic (exact) mass is 666 g/mol. The smallest absolute Gasteiger partial charge is 0.259 e. The van der Waals surface area contributed by atoms with E-state index in [1.165, 1.54) is 4.90 Å². The molecule has 0 aromatic heterocycles. The highest BCUT2D eigenvalue weighted by atomic mass is 35.5. The van der Waals surface area contributed by atoms with Crippen molar-refractivity contribution in [3.63, 3.8) is 0 Å². The van der Waals surface area contributed by atoms with Crippen LogP contribution in [0, 0.1) is 6.92 Å². The number of amides is 3. The van der Waals surface area contributed by atoms with Gasteiger partial charge in [0.15, 0.2) is 0 Å². The van der Waals surface area contributed by atoms with Gasteiger partial charge in [0.2, 0.25) is 5.91 Å². The minimum atomic E-state index is -0.305. The Hall–Kier alpha value is -4.66. The molecule has 0 radical (unpaired) electrons. The summed E-state index contributed by atoms with van der Waals surface area (Å²) in [4.78, 5) is 45.1. The predicted octanol–water partition coefficient (Wildman–Crippen LogP) is 7.56. The second-order valence-corrected chi connectivity index (χ2v) is 12.6. The number of likely N-dealkylation sites (N-methyl/N-ethyl adjacent to an activating group) is 1. The Morgan fingerprint density at radius 1 is 0.833 bits per heavy atom. The molecule has 1 aliphatic rings. The van der Waals surface area contributed by atoms with Crippen LogP contribution in [-0.2, 0) is 4.79 Å². The molecule has 8 nitrogen and oxygen atoms in total. The number of nitrogens with one attached hydrogen (secondary N) is 1. The molecule has 1 N–H and O–H groups in total. The lowest BCUT2D eigenvalue weighted by atomic mass is 9.98. The number of para-hydroxylation sites is 2.